The van der Waals surface area contributed by atoms with Crippen molar-refractivity contribution in [3.63, 3.8) is 0 Å². The molecule has 0 aliphatic heterocycles. The first-order valence-electron chi connectivity index (χ1n) is 6.00. The van der Waals surface area contributed by atoms with E-state index in [1.54, 1.807) is 6.20 Å². The van der Waals surface area contributed by atoms with E-state index in [-0.39, 0.29) is 6.04 Å². The van der Waals surface area contributed by atoms with E-state index in [0.29, 0.717) is 5.92 Å². The normalized spacial score (nSPS) is 15.4. The predicted octanol–water partition coefficient (Wildman–Crippen LogP) is 1.70. The van der Waals surface area contributed by atoms with E-state index >= 15 is 0 Å². The first kappa shape index (κ1) is 13.2. The Morgan fingerprint density at radius 2 is 2.19 bits per heavy atom. The average molecular weight is 225 g/mol. The second-order valence-electron chi connectivity index (χ2n) is 4.77. The number of rotatable bonds is 6. The summed E-state index contributed by atoms with van der Waals surface area (Å²) in [5, 5.41) is 14.2. The molecule has 1 aromatic rings. The smallest absolute Gasteiger partial charge is 0.0971 e. The molecule has 16 heavy (non-hydrogen) atoms. The highest BCUT2D eigenvalue weighted by Crippen LogP contribution is 2.19. The van der Waals surface area contributed by atoms with Crippen LogP contribution in [0.25, 0.3) is 0 Å². The third-order valence-corrected chi connectivity index (χ3v) is 2.60. The van der Waals surface area contributed by atoms with E-state index < -0.39 is 6.10 Å². The Labute approximate surface area is 97.5 Å². The van der Waals surface area contributed by atoms with E-state index in [1.165, 1.54) is 0 Å². The summed E-state index contributed by atoms with van der Waals surface area (Å²) in [4.78, 5) is 0. The zero-order chi connectivity index (χ0) is 12.1. The Balaban J connectivity index is 2.60. The van der Waals surface area contributed by atoms with Gasteiger partial charge in [0.05, 0.1) is 12.3 Å². The summed E-state index contributed by atoms with van der Waals surface area (Å²) in [6.45, 7) is 7.19. The summed E-state index contributed by atoms with van der Waals surface area (Å²) in [7, 11) is 0. The van der Waals surface area contributed by atoms with Gasteiger partial charge < -0.3 is 10.8 Å². The zero-order valence-electron chi connectivity index (χ0n) is 10.4. The molecule has 3 N–H and O–H groups in total. The first-order chi connectivity index (χ1) is 7.54. The SMILES string of the molecule is CCCn1cc(C(O)C(N)CC(C)C)cn1. The highest BCUT2D eigenvalue weighted by atomic mass is 16.3. The minimum absolute atomic E-state index is 0.209. The largest absolute Gasteiger partial charge is 0.387 e. The van der Waals surface area contributed by atoms with Crippen LogP contribution in [0.3, 0.4) is 0 Å². The molecule has 1 heterocycles. The summed E-state index contributed by atoms with van der Waals surface area (Å²) in [5.74, 6) is 0.496. The maximum absolute atomic E-state index is 10.0. The molecule has 92 valence electrons. The van der Waals surface area contributed by atoms with E-state index in [1.807, 2.05) is 10.9 Å². The molecule has 0 amide bonds. The van der Waals surface area contributed by atoms with Crippen LogP contribution in [0.15, 0.2) is 12.4 Å². The lowest BCUT2D eigenvalue weighted by atomic mass is 9.97. The van der Waals surface area contributed by atoms with Crippen molar-refractivity contribution in [1.82, 2.24) is 9.78 Å². The summed E-state index contributed by atoms with van der Waals surface area (Å²) in [6, 6.07) is -0.209. The Hall–Kier alpha value is -0.870. The fourth-order valence-corrected chi connectivity index (χ4v) is 1.80. The van der Waals surface area contributed by atoms with Crippen molar-refractivity contribution < 1.29 is 5.11 Å². The van der Waals surface area contributed by atoms with Gasteiger partial charge in [-0.05, 0) is 18.8 Å². The molecule has 1 rings (SSSR count). The Morgan fingerprint density at radius 3 is 2.75 bits per heavy atom. The number of aliphatic hydroxyl groups excluding tert-OH is 1. The molecule has 0 bridgehead atoms. The van der Waals surface area contributed by atoms with Crippen molar-refractivity contribution in [1.29, 1.82) is 0 Å². The topological polar surface area (TPSA) is 64.1 Å². The van der Waals surface area contributed by atoms with Crippen LogP contribution in [0.5, 0.6) is 0 Å². The van der Waals surface area contributed by atoms with Crippen LogP contribution in [0.1, 0.15) is 45.3 Å². The fourth-order valence-electron chi connectivity index (χ4n) is 1.80. The maximum atomic E-state index is 10.0. The molecule has 0 aliphatic carbocycles. The van der Waals surface area contributed by atoms with Crippen molar-refractivity contribution in [3.05, 3.63) is 18.0 Å². The van der Waals surface area contributed by atoms with Crippen LogP contribution in [0.4, 0.5) is 0 Å². The summed E-state index contributed by atoms with van der Waals surface area (Å²) >= 11 is 0. The van der Waals surface area contributed by atoms with Crippen LogP contribution in [-0.2, 0) is 6.54 Å². The van der Waals surface area contributed by atoms with Crippen molar-refractivity contribution in [2.45, 2.75) is 52.3 Å². The minimum Gasteiger partial charge on any atom is -0.387 e. The molecular formula is C12H23N3O. The van der Waals surface area contributed by atoms with Gasteiger partial charge in [-0.3, -0.25) is 4.68 Å². The Morgan fingerprint density at radius 1 is 1.50 bits per heavy atom. The lowest BCUT2D eigenvalue weighted by molar-refractivity contribution is 0.136. The van der Waals surface area contributed by atoms with Crippen LogP contribution in [0.2, 0.25) is 0 Å². The maximum Gasteiger partial charge on any atom is 0.0971 e. The van der Waals surface area contributed by atoms with Crippen LogP contribution < -0.4 is 5.73 Å². The molecule has 0 spiro atoms. The third kappa shape index (κ3) is 3.61. The molecular weight excluding hydrogens is 202 g/mol. The van der Waals surface area contributed by atoms with Gasteiger partial charge in [0.25, 0.3) is 0 Å². The second kappa shape index (κ2) is 6.01. The van der Waals surface area contributed by atoms with Crippen molar-refractivity contribution in [2.24, 2.45) is 11.7 Å². The number of hydrogen-bond donors (Lipinski definition) is 2. The van der Waals surface area contributed by atoms with Crippen LogP contribution in [-0.4, -0.2) is 20.9 Å². The van der Waals surface area contributed by atoms with Crippen LogP contribution >= 0.6 is 0 Å². The zero-order valence-corrected chi connectivity index (χ0v) is 10.4. The summed E-state index contributed by atoms with van der Waals surface area (Å²) < 4.78 is 1.85. The molecule has 0 saturated carbocycles. The molecule has 2 unspecified atom stereocenters. The molecule has 0 aliphatic rings. The molecule has 4 heteroatoms. The van der Waals surface area contributed by atoms with Gasteiger partial charge in [-0.1, -0.05) is 20.8 Å². The highest BCUT2D eigenvalue weighted by molar-refractivity contribution is 5.10. The van der Waals surface area contributed by atoms with E-state index in [2.05, 4.69) is 25.9 Å². The van der Waals surface area contributed by atoms with Gasteiger partial charge in [0, 0.05) is 24.3 Å². The molecule has 0 saturated heterocycles. The lowest BCUT2D eigenvalue weighted by Gasteiger charge is -2.19. The van der Waals surface area contributed by atoms with E-state index in [4.69, 9.17) is 5.73 Å². The first-order valence-corrected chi connectivity index (χ1v) is 6.00. The van der Waals surface area contributed by atoms with Gasteiger partial charge in [-0.25, -0.2) is 0 Å². The van der Waals surface area contributed by atoms with Gasteiger partial charge in [0.2, 0.25) is 0 Å². The monoisotopic (exact) mass is 225 g/mol. The van der Waals surface area contributed by atoms with Gasteiger partial charge in [-0.2, -0.15) is 5.10 Å². The van der Waals surface area contributed by atoms with Gasteiger partial charge in [-0.15, -0.1) is 0 Å². The number of aryl methyl sites for hydroxylation is 1. The third-order valence-electron chi connectivity index (χ3n) is 2.60. The Bertz CT molecular complexity index is 309. The fraction of sp³-hybridized carbons (Fsp3) is 0.750. The summed E-state index contributed by atoms with van der Waals surface area (Å²) in [5.41, 5.74) is 6.77. The van der Waals surface area contributed by atoms with Gasteiger partial charge >= 0.3 is 0 Å². The summed E-state index contributed by atoms with van der Waals surface area (Å²) in [6.07, 6.45) is 4.84. The average Bonchev–Trinajstić information content (AvgIpc) is 2.64. The van der Waals surface area contributed by atoms with Crippen molar-refractivity contribution >= 4 is 0 Å². The lowest BCUT2D eigenvalue weighted by Crippen LogP contribution is -2.29. The molecule has 0 aromatic carbocycles. The van der Waals surface area contributed by atoms with Crippen LogP contribution in [0, 0.1) is 5.92 Å². The number of hydrogen-bond acceptors (Lipinski definition) is 3. The van der Waals surface area contributed by atoms with Crippen molar-refractivity contribution in [2.75, 3.05) is 0 Å². The molecule has 1 aromatic heterocycles. The Kier molecular flexibility index (Phi) is 4.96. The second-order valence-corrected chi connectivity index (χ2v) is 4.77. The molecule has 2 atom stereocenters. The van der Waals surface area contributed by atoms with E-state index in [9.17, 15) is 5.11 Å². The molecule has 0 fully saturated rings. The number of aliphatic hydroxyl groups is 1. The standard InChI is InChI=1S/C12H23N3O/c1-4-5-15-8-10(7-14-15)12(16)11(13)6-9(2)3/h7-9,11-12,16H,4-6,13H2,1-3H3. The van der Waals surface area contributed by atoms with Gasteiger partial charge in [0.15, 0.2) is 0 Å². The number of nitrogens with two attached hydrogens (primary N) is 1. The predicted molar refractivity (Wildman–Crippen MR) is 64.9 cm³/mol. The van der Waals surface area contributed by atoms with E-state index in [0.717, 1.165) is 24.9 Å². The van der Waals surface area contributed by atoms with Crippen molar-refractivity contribution in [3.8, 4) is 0 Å². The van der Waals surface area contributed by atoms with Gasteiger partial charge in [0.1, 0.15) is 0 Å². The number of aromatic nitrogens is 2. The molecule has 0 radical (unpaired) electrons. The quantitative estimate of drug-likeness (QED) is 0.774. The highest BCUT2D eigenvalue weighted by Gasteiger charge is 2.19. The number of nitrogens with zero attached hydrogens (tertiary/aromatic N) is 2. The minimum atomic E-state index is -0.604. The molecule has 4 nitrogen and oxygen atoms in total.